The molecule has 0 aliphatic heterocycles. The molecule has 1 saturated carbocycles. The van der Waals surface area contributed by atoms with Crippen LogP contribution in [0.2, 0.25) is 0 Å². The van der Waals surface area contributed by atoms with E-state index in [-0.39, 0.29) is 5.41 Å². The predicted octanol–water partition coefficient (Wildman–Crippen LogP) is 3.33. The van der Waals surface area contributed by atoms with Crippen LogP contribution in [0.4, 0.5) is 0 Å². The van der Waals surface area contributed by atoms with Crippen LogP contribution in [0, 0.1) is 0 Å². The Balaban J connectivity index is 1.31. The minimum absolute atomic E-state index is 0.267. The molecule has 0 atom stereocenters. The van der Waals surface area contributed by atoms with Crippen LogP contribution in [0.15, 0.2) is 78.3 Å². The Morgan fingerprint density at radius 2 is 1.89 bits per heavy atom. The first-order valence-electron chi connectivity index (χ1n) is 9.81. The SMILES string of the molecule is CN=C(NCc1cccc(Cn2ccnc2)c1)NCC1(c2ccccc2)CC1. The number of guanidine groups is 1. The van der Waals surface area contributed by atoms with Gasteiger partial charge in [0.1, 0.15) is 0 Å². The Bertz CT molecular complexity index is 911. The molecule has 1 fully saturated rings. The molecule has 144 valence electrons. The highest BCUT2D eigenvalue weighted by Crippen LogP contribution is 2.47. The fourth-order valence-electron chi connectivity index (χ4n) is 3.60. The van der Waals surface area contributed by atoms with Gasteiger partial charge >= 0.3 is 0 Å². The summed E-state index contributed by atoms with van der Waals surface area (Å²) in [5, 5.41) is 6.96. The molecule has 1 aliphatic rings. The molecule has 5 nitrogen and oxygen atoms in total. The van der Waals surface area contributed by atoms with Crippen LogP contribution in [0.3, 0.4) is 0 Å². The number of rotatable bonds is 7. The molecule has 0 saturated heterocycles. The minimum Gasteiger partial charge on any atom is -0.356 e. The van der Waals surface area contributed by atoms with Gasteiger partial charge in [0.25, 0.3) is 0 Å². The van der Waals surface area contributed by atoms with E-state index in [4.69, 9.17) is 0 Å². The molecular weight excluding hydrogens is 346 g/mol. The van der Waals surface area contributed by atoms with Gasteiger partial charge in [-0.25, -0.2) is 4.98 Å². The Kier molecular flexibility index (Phi) is 5.42. The van der Waals surface area contributed by atoms with Gasteiger partial charge in [0.2, 0.25) is 0 Å². The molecule has 28 heavy (non-hydrogen) atoms. The molecule has 5 heteroatoms. The highest BCUT2D eigenvalue weighted by molar-refractivity contribution is 5.79. The van der Waals surface area contributed by atoms with Gasteiger partial charge in [-0.1, -0.05) is 54.6 Å². The van der Waals surface area contributed by atoms with E-state index in [2.05, 4.69) is 79.8 Å². The summed E-state index contributed by atoms with van der Waals surface area (Å²) < 4.78 is 2.08. The lowest BCUT2D eigenvalue weighted by atomic mass is 9.96. The summed E-state index contributed by atoms with van der Waals surface area (Å²) in [7, 11) is 1.83. The van der Waals surface area contributed by atoms with Crippen molar-refractivity contribution in [1.82, 2.24) is 20.2 Å². The predicted molar refractivity (Wildman–Crippen MR) is 113 cm³/mol. The highest BCUT2D eigenvalue weighted by Gasteiger charge is 2.43. The van der Waals surface area contributed by atoms with Crippen molar-refractivity contribution >= 4 is 5.96 Å². The standard InChI is InChI=1S/C23H27N5/c1-24-22(27-17-23(10-11-23)21-8-3-2-4-9-21)26-15-19-6-5-7-20(14-19)16-28-13-12-25-18-28/h2-9,12-14,18H,10-11,15-17H2,1H3,(H2,24,26,27). The van der Waals surface area contributed by atoms with E-state index in [0.29, 0.717) is 0 Å². The smallest absolute Gasteiger partial charge is 0.191 e. The maximum Gasteiger partial charge on any atom is 0.191 e. The number of aliphatic imine (C=N–C) groups is 1. The van der Waals surface area contributed by atoms with Gasteiger partial charge in [-0.15, -0.1) is 0 Å². The number of benzene rings is 2. The van der Waals surface area contributed by atoms with E-state index in [1.54, 1.807) is 0 Å². The summed E-state index contributed by atoms with van der Waals surface area (Å²) in [6.45, 7) is 2.49. The maximum absolute atomic E-state index is 4.39. The number of aromatic nitrogens is 2. The number of imidazole rings is 1. The fraction of sp³-hybridized carbons (Fsp3) is 0.304. The number of hydrogen-bond donors (Lipinski definition) is 2. The highest BCUT2D eigenvalue weighted by atomic mass is 15.2. The van der Waals surface area contributed by atoms with Gasteiger partial charge in [-0.2, -0.15) is 0 Å². The lowest BCUT2D eigenvalue weighted by Gasteiger charge is -2.19. The summed E-state index contributed by atoms with van der Waals surface area (Å²) in [5.74, 6) is 0.849. The Hall–Kier alpha value is -3.08. The van der Waals surface area contributed by atoms with Crippen LogP contribution >= 0.6 is 0 Å². The first-order valence-corrected chi connectivity index (χ1v) is 9.81. The number of hydrogen-bond acceptors (Lipinski definition) is 2. The topological polar surface area (TPSA) is 54.2 Å². The fourth-order valence-corrected chi connectivity index (χ4v) is 3.60. The van der Waals surface area contributed by atoms with Gasteiger partial charge in [0.15, 0.2) is 5.96 Å². The summed E-state index contributed by atoms with van der Waals surface area (Å²) in [6.07, 6.45) is 8.10. The van der Waals surface area contributed by atoms with E-state index < -0.39 is 0 Å². The van der Waals surface area contributed by atoms with Crippen LogP contribution in [0.1, 0.15) is 29.5 Å². The lowest BCUT2D eigenvalue weighted by molar-refractivity contribution is 0.645. The molecule has 0 radical (unpaired) electrons. The van der Waals surface area contributed by atoms with Crippen molar-refractivity contribution in [3.63, 3.8) is 0 Å². The van der Waals surface area contributed by atoms with Crippen LogP contribution in [-0.2, 0) is 18.5 Å². The van der Waals surface area contributed by atoms with Crippen molar-refractivity contribution < 1.29 is 0 Å². The summed E-state index contributed by atoms with van der Waals surface area (Å²) in [4.78, 5) is 8.50. The molecule has 0 unspecified atom stereocenters. The average Bonchev–Trinajstić information content (AvgIpc) is 3.36. The van der Waals surface area contributed by atoms with E-state index in [9.17, 15) is 0 Å². The summed E-state index contributed by atoms with van der Waals surface area (Å²) in [5.41, 5.74) is 4.19. The molecule has 2 N–H and O–H groups in total. The van der Waals surface area contributed by atoms with Crippen molar-refractivity contribution in [2.75, 3.05) is 13.6 Å². The molecule has 0 bridgehead atoms. The van der Waals surface area contributed by atoms with E-state index in [1.807, 2.05) is 25.8 Å². The average molecular weight is 374 g/mol. The molecule has 0 amide bonds. The van der Waals surface area contributed by atoms with Crippen LogP contribution < -0.4 is 10.6 Å². The third-order valence-electron chi connectivity index (χ3n) is 5.43. The third kappa shape index (κ3) is 4.42. The first-order chi connectivity index (χ1) is 13.8. The second-order valence-electron chi connectivity index (χ2n) is 7.48. The minimum atomic E-state index is 0.267. The van der Waals surface area contributed by atoms with Gasteiger partial charge in [0.05, 0.1) is 6.33 Å². The molecule has 3 aromatic rings. The van der Waals surface area contributed by atoms with Crippen molar-refractivity contribution in [2.24, 2.45) is 4.99 Å². The largest absolute Gasteiger partial charge is 0.356 e. The van der Waals surface area contributed by atoms with Crippen LogP contribution in [0.5, 0.6) is 0 Å². The normalized spacial score (nSPS) is 15.2. The van der Waals surface area contributed by atoms with E-state index >= 15 is 0 Å². The van der Waals surface area contributed by atoms with Crippen LogP contribution in [0.25, 0.3) is 0 Å². The zero-order valence-corrected chi connectivity index (χ0v) is 16.3. The van der Waals surface area contributed by atoms with E-state index in [1.165, 1.54) is 29.5 Å². The Morgan fingerprint density at radius 3 is 2.61 bits per heavy atom. The second kappa shape index (κ2) is 8.30. The first kappa shape index (κ1) is 18.3. The van der Waals surface area contributed by atoms with Crippen molar-refractivity contribution in [3.8, 4) is 0 Å². The van der Waals surface area contributed by atoms with Gasteiger partial charge in [-0.05, 0) is 29.5 Å². The zero-order chi connectivity index (χ0) is 19.2. The quantitative estimate of drug-likeness (QED) is 0.493. The molecule has 1 aromatic heterocycles. The van der Waals surface area contributed by atoms with Crippen molar-refractivity contribution in [3.05, 3.63) is 90.0 Å². The Labute approximate surface area is 166 Å². The second-order valence-corrected chi connectivity index (χ2v) is 7.48. The monoisotopic (exact) mass is 373 g/mol. The molecule has 2 aromatic carbocycles. The van der Waals surface area contributed by atoms with Crippen LogP contribution in [-0.4, -0.2) is 29.1 Å². The summed E-state index contributed by atoms with van der Waals surface area (Å²) >= 11 is 0. The third-order valence-corrected chi connectivity index (χ3v) is 5.43. The number of nitrogens with one attached hydrogen (secondary N) is 2. The van der Waals surface area contributed by atoms with Gasteiger partial charge in [-0.3, -0.25) is 4.99 Å². The molecule has 1 heterocycles. The van der Waals surface area contributed by atoms with Crippen molar-refractivity contribution in [2.45, 2.75) is 31.3 Å². The van der Waals surface area contributed by atoms with Crippen molar-refractivity contribution in [1.29, 1.82) is 0 Å². The number of nitrogens with zero attached hydrogens (tertiary/aromatic N) is 3. The molecule has 4 rings (SSSR count). The molecule has 0 spiro atoms. The van der Waals surface area contributed by atoms with E-state index in [0.717, 1.165) is 25.6 Å². The molecule has 1 aliphatic carbocycles. The lowest BCUT2D eigenvalue weighted by Crippen LogP contribution is -2.40. The summed E-state index contributed by atoms with van der Waals surface area (Å²) in [6, 6.07) is 19.4. The zero-order valence-electron chi connectivity index (χ0n) is 16.3. The Morgan fingerprint density at radius 1 is 1.07 bits per heavy atom. The van der Waals surface area contributed by atoms with Gasteiger partial charge < -0.3 is 15.2 Å². The molecular formula is C23H27N5. The maximum atomic E-state index is 4.39. The van der Waals surface area contributed by atoms with Gasteiger partial charge in [0, 0.05) is 44.5 Å².